The molecular weight excluding hydrogens is 524 g/mol. The number of fused-ring (bicyclic) bond motifs is 1. The first kappa shape index (κ1) is 26.3. The van der Waals surface area contributed by atoms with Crippen LogP contribution < -0.4 is 4.31 Å². The second-order valence-corrected chi connectivity index (χ2v) is 11.9. The predicted octanol–water partition coefficient (Wildman–Crippen LogP) is 4.73. The van der Waals surface area contributed by atoms with E-state index in [0.717, 1.165) is 24.8 Å². The Morgan fingerprint density at radius 1 is 0.921 bits per heavy atom. The van der Waals surface area contributed by atoms with Gasteiger partial charge in [-0.3, -0.25) is 9.10 Å². The largest absolute Gasteiger partial charge is 0.452 e. The Morgan fingerprint density at radius 3 is 2.39 bits per heavy atom. The van der Waals surface area contributed by atoms with Crippen LogP contribution in [0, 0.1) is 5.92 Å². The third-order valence-corrected chi connectivity index (χ3v) is 9.54. The average molecular weight is 553 g/mol. The lowest BCUT2D eigenvalue weighted by Crippen LogP contribution is -2.41. The Kier molecular flexibility index (Phi) is 7.72. The molecule has 1 saturated heterocycles. The zero-order chi connectivity index (χ0) is 26.7. The van der Waals surface area contributed by atoms with E-state index < -0.39 is 22.6 Å². The molecule has 3 aromatic rings. The van der Waals surface area contributed by atoms with Gasteiger partial charge in [0.1, 0.15) is 4.90 Å². The van der Waals surface area contributed by atoms with Crippen LogP contribution in [0.5, 0.6) is 0 Å². The highest BCUT2D eigenvalue weighted by atomic mass is 35.5. The number of benzene rings is 3. The number of piperidine rings is 1. The first-order valence-electron chi connectivity index (χ1n) is 12.7. The second kappa shape index (κ2) is 11.2. The molecular formula is C29H29ClN2O5S. The van der Waals surface area contributed by atoms with E-state index >= 15 is 0 Å². The van der Waals surface area contributed by atoms with Crippen molar-refractivity contribution < 1.29 is 22.7 Å². The van der Waals surface area contributed by atoms with Crippen molar-refractivity contribution in [1.29, 1.82) is 0 Å². The lowest BCUT2D eigenvalue weighted by atomic mass is 9.90. The monoisotopic (exact) mass is 552 g/mol. The molecule has 0 bridgehead atoms. The molecule has 0 saturated carbocycles. The number of hydrogen-bond donors (Lipinski definition) is 0. The fraction of sp³-hybridized carbons (Fsp3) is 0.310. The van der Waals surface area contributed by atoms with Gasteiger partial charge in [-0.25, -0.2) is 13.2 Å². The number of likely N-dealkylation sites (tertiary alicyclic amines) is 1. The van der Waals surface area contributed by atoms with E-state index in [1.807, 2.05) is 30.3 Å². The highest BCUT2D eigenvalue weighted by molar-refractivity contribution is 7.93. The van der Waals surface area contributed by atoms with E-state index in [4.69, 9.17) is 16.3 Å². The highest BCUT2D eigenvalue weighted by Gasteiger charge is 2.33. The van der Waals surface area contributed by atoms with Crippen LogP contribution in [0.1, 0.15) is 34.3 Å². The Bertz CT molecular complexity index is 1440. The molecule has 0 atom stereocenters. The third kappa shape index (κ3) is 5.56. The number of amides is 1. The summed E-state index contributed by atoms with van der Waals surface area (Å²) < 4.78 is 33.5. The van der Waals surface area contributed by atoms with Crippen LogP contribution in [0.4, 0.5) is 5.69 Å². The van der Waals surface area contributed by atoms with Gasteiger partial charge in [0.25, 0.3) is 15.9 Å². The van der Waals surface area contributed by atoms with Gasteiger partial charge in [0.2, 0.25) is 0 Å². The van der Waals surface area contributed by atoms with E-state index in [1.54, 1.807) is 17.0 Å². The minimum Gasteiger partial charge on any atom is -0.452 e. The van der Waals surface area contributed by atoms with E-state index in [1.165, 1.54) is 28.1 Å². The summed E-state index contributed by atoms with van der Waals surface area (Å²) in [6.45, 7) is 1.14. The Balaban J connectivity index is 1.19. The number of nitrogens with zero attached hydrogens (tertiary/aromatic N) is 2. The maximum atomic E-state index is 13.4. The van der Waals surface area contributed by atoms with Crippen LogP contribution in [0.3, 0.4) is 0 Å². The second-order valence-electron chi connectivity index (χ2n) is 9.69. The molecule has 5 rings (SSSR count). The maximum absolute atomic E-state index is 13.4. The van der Waals surface area contributed by atoms with Crippen molar-refractivity contribution in [2.75, 3.05) is 30.5 Å². The van der Waals surface area contributed by atoms with Crippen LogP contribution in [0.15, 0.2) is 77.7 Å². The van der Waals surface area contributed by atoms with E-state index in [2.05, 4.69) is 12.1 Å². The molecule has 2 heterocycles. The van der Waals surface area contributed by atoms with Crippen molar-refractivity contribution in [3.63, 3.8) is 0 Å². The number of ether oxygens (including phenoxy) is 1. The molecule has 3 aromatic carbocycles. The van der Waals surface area contributed by atoms with Gasteiger partial charge in [-0.1, -0.05) is 60.1 Å². The standard InChI is InChI=1S/C29H29ClN2O5S/c30-25-11-10-24(19-27(25)38(35,36)32-17-14-23-8-4-5-9-26(23)32)29(34)37-20-28(33)31-15-12-22(13-16-31)18-21-6-2-1-3-7-21/h1-11,19,22H,12-18,20H2. The first-order chi connectivity index (χ1) is 18.3. The Morgan fingerprint density at radius 2 is 1.63 bits per heavy atom. The van der Waals surface area contributed by atoms with Gasteiger partial charge < -0.3 is 9.64 Å². The molecule has 0 aliphatic carbocycles. The third-order valence-electron chi connectivity index (χ3n) is 7.24. The summed E-state index contributed by atoms with van der Waals surface area (Å²) in [4.78, 5) is 27.0. The molecule has 0 N–H and O–H groups in total. The van der Waals surface area contributed by atoms with Gasteiger partial charge in [0.05, 0.1) is 16.3 Å². The topological polar surface area (TPSA) is 84.0 Å². The van der Waals surface area contributed by atoms with Gasteiger partial charge in [-0.05, 0) is 67.0 Å². The molecule has 7 nitrogen and oxygen atoms in total. The normalized spacial score (nSPS) is 15.8. The average Bonchev–Trinajstić information content (AvgIpc) is 3.38. The summed E-state index contributed by atoms with van der Waals surface area (Å²) in [7, 11) is -4.00. The minimum atomic E-state index is -4.00. The number of carbonyl (C=O) groups excluding carboxylic acids is 2. The minimum absolute atomic E-state index is 0.0142. The van der Waals surface area contributed by atoms with E-state index in [-0.39, 0.29) is 21.4 Å². The van der Waals surface area contributed by atoms with Crippen LogP contribution >= 0.6 is 11.6 Å². The zero-order valence-corrected chi connectivity index (χ0v) is 22.5. The van der Waals surface area contributed by atoms with Crippen molar-refractivity contribution in [2.24, 2.45) is 5.92 Å². The Hall–Kier alpha value is -3.36. The fourth-order valence-corrected chi connectivity index (χ4v) is 7.15. The fourth-order valence-electron chi connectivity index (χ4n) is 5.14. The van der Waals surface area contributed by atoms with Crippen molar-refractivity contribution in [3.8, 4) is 0 Å². The molecule has 2 aliphatic heterocycles. The zero-order valence-electron chi connectivity index (χ0n) is 20.9. The lowest BCUT2D eigenvalue weighted by molar-refractivity contribution is -0.135. The summed E-state index contributed by atoms with van der Waals surface area (Å²) >= 11 is 6.26. The number of para-hydroxylation sites is 1. The van der Waals surface area contributed by atoms with Crippen LogP contribution in [0.25, 0.3) is 0 Å². The maximum Gasteiger partial charge on any atom is 0.338 e. The van der Waals surface area contributed by atoms with Crippen LogP contribution in [0.2, 0.25) is 5.02 Å². The van der Waals surface area contributed by atoms with Crippen molar-refractivity contribution in [1.82, 2.24) is 4.90 Å². The van der Waals surface area contributed by atoms with Gasteiger partial charge in [0, 0.05) is 19.6 Å². The molecule has 0 aromatic heterocycles. The molecule has 9 heteroatoms. The summed E-state index contributed by atoms with van der Waals surface area (Å²) in [6.07, 6.45) is 3.38. The summed E-state index contributed by atoms with van der Waals surface area (Å²) in [5, 5.41) is 0.0142. The SMILES string of the molecule is O=C(OCC(=O)N1CCC(Cc2ccccc2)CC1)c1ccc(Cl)c(S(=O)(=O)N2CCc3ccccc32)c1. The first-order valence-corrected chi connectivity index (χ1v) is 14.5. The molecule has 1 fully saturated rings. The molecule has 2 aliphatic rings. The molecule has 38 heavy (non-hydrogen) atoms. The summed E-state index contributed by atoms with van der Waals surface area (Å²) in [5.74, 6) is -0.514. The van der Waals surface area contributed by atoms with E-state index in [0.29, 0.717) is 37.7 Å². The number of halogens is 1. The van der Waals surface area contributed by atoms with Gasteiger partial charge in [0.15, 0.2) is 6.61 Å². The molecule has 1 amide bonds. The smallest absolute Gasteiger partial charge is 0.338 e. The summed E-state index contributed by atoms with van der Waals surface area (Å²) in [6, 6.07) is 21.6. The number of carbonyl (C=O) groups is 2. The Labute approximate surface area is 228 Å². The lowest BCUT2D eigenvalue weighted by Gasteiger charge is -2.32. The van der Waals surface area contributed by atoms with E-state index in [9.17, 15) is 18.0 Å². The number of anilines is 1. The van der Waals surface area contributed by atoms with Gasteiger partial charge >= 0.3 is 5.97 Å². The molecule has 0 radical (unpaired) electrons. The van der Waals surface area contributed by atoms with Gasteiger partial charge in [-0.15, -0.1) is 0 Å². The van der Waals surface area contributed by atoms with Crippen molar-refractivity contribution in [2.45, 2.75) is 30.6 Å². The molecule has 198 valence electrons. The molecule has 0 unspecified atom stereocenters. The predicted molar refractivity (Wildman–Crippen MR) is 146 cm³/mol. The van der Waals surface area contributed by atoms with Crippen LogP contribution in [-0.4, -0.2) is 51.4 Å². The van der Waals surface area contributed by atoms with Crippen molar-refractivity contribution >= 4 is 39.2 Å². The highest BCUT2D eigenvalue weighted by Crippen LogP contribution is 2.35. The number of hydrogen-bond acceptors (Lipinski definition) is 5. The van der Waals surface area contributed by atoms with Gasteiger partial charge in [-0.2, -0.15) is 0 Å². The molecule has 0 spiro atoms. The number of sulfonamides is 1. The summed E-state index contributed by atoms with van der Waals surface area (Å²) in [5.41, 5.74) is 2.86. The quantitative estimate of drug-likeness (QED) is 0.396. The van der Waals surface area contributed by atoms with Crippen LogP contribution in [-0.2, 0) is 32.4 Å². The van der Waals surface area contributed by atoms with Crippen molar-refractivity contribution in [3.05, 3.63) is 94.5 Å². The number of esters is 1. The number of rotatable bonds is 7.